The van der Waals surface area contributed by atoms with Gasteiger partial charge in [0.15, 0.2) is 10.1 Å². The van der Waals surface area contributed by atoms with E-state index in [9.17, 15) is 14.9 Å². The van der Waals surface area contributed by atoms with Crippen LogP contribution < -0.4 is 16.0 Å². The van der Waals surface area contributed by atoms with Crippen molar-refractivity contribution in [3.05, 3.63) is 81.5 Å². The maximum absolute atomic E-state index is 13.6. The van der Waals surface area contributed by atoms with E-state index in [1.54, 1.807) is 23.4 Å². The van der Waals surface area contributed by atoms with E-state index in [2.05, 4.69) is 42.5 Å². The largest absolute Gasteiger partial charge is 0.384 e. The zero-order chi connectivity index (χ0) is 27.7. The molecule has 39 heavy (non-hydrogen) atoms. The average molecular weight is 623 g/mol. The topological polar surface area (TPSA) is 138 Å². The van der Waals surface area contributed by atoms with E-state index in [4.69, 9.17) is 5.73 Å². The summed E-state index contributed by atoms with van der Waals surface area (Å²) in [6.07, 6.45) is 4.25. The minimum atomic E-state index is -0.595. The monoisotopic (exact) mass is 621 g/mol. The zero-order valence-corrected chi connectivity index (χ0v) is 24.4. The van der Waals surface area contributed by atoms with Gasteiger partial charge < -0.3 is 11.1 Å². The number of benzene rings is 1. The predicted octanol–water partition coefficient (Wildman–Crippen LogP) is 5.37. The number of thioether (sulfide) groups is 1. The highest BCUT2D eigenvalue weighted by Gasteiger charge is 2.45. The molecule has 1 atom stereocenters. The Morgan fingerprint density at radius 2 is 2.13 bits per heavy atom. The molecule has 1 amide bonds. The average Bonchev–Trinajstić information content (AvgIpc) is 3.35. The molecule has 0 bridgehead atoms. The number of rotatable bonds is 6. The number of carbonyl (C=O) groups excluding carboxylic acids is 2. The first-order valence-corrected chi connectivity index (χ1v) is 14.6. The molecule has 198 valence electrons. The van der Waals surface area contributed by atoms with E-state index in [0.29, 0.717) is 33.6 Å². The third-order valence-electron chi connectivity index (χ3n) is 6.42. The fraction of sp³-hybridized carbons (Fsp3) is 0.259. The molecule has 3 N–H and O–H groups in total. The van der Waals surface area contributed by atoms with Crippen molar-refractivity contribution in [3.63, 3.8) is 0 Å². The Bertz CT molecular complexity index is 1560. The van der Waals surface area contributed by atoms with Crippen molar-refractivity contribution in [2.24, 2.45) is 11.1 Å². The van der Waals surface area contributed by atoms with E-state index in [1.165, 1.54) is 23.1 Å². The maximum Gasteiger partial charge on any atom is 0.234 e. The SMILES string of the molecule is CC1(C)CC(=O)C2=C(C1)N(c1nnc(SCC(=O)Nc3cccc(Br)c3)s1)C(N)=C(C#N)C2c1cccnc1. The van der Waals surface area contributed by atoms with Gasteiger partial charge in [0.25, 0.3) is 0 Å². The summed E-state index contributed by atoms with van der Waals surface area (Å²) in [5.41, 5.74) is 9.31. The van der Waals surface area contributed by atoms with E-state index < -0.39 is 5.92 Å². The summed E-state index contributed by atoms with van der Waals surface area (Å²) in [7, 11) is 0. The standard InChI is InChI=1S/C27H24BrN7O2S2/c1-27(2)10-19-23(20(36)11-27)22(15-5-4-8-31-13-15)18(12-29)24(30)35(19)25-33-34-26(39-25)38-14-21(37)32-17-7-3-6-16(28)9-17/h3-9,13,22H,10-11,14,30H2,1-2H3,(H,32,37). The summed E-state index contributed by atoms with van der Waals surface area (Å²) in [4.78, 5) is 32.0. The van der Waals surface area contributed by atoms with Gasteiger partial charge in [-0.15, -0.1) is 10.2 Å². The molecule has 0 fully saturated rings. The number of halogens is 1. The number of aromatic nitrogens is 3. The number of allylic oxidation sites excluding steroid dienone is 3. The number of nitrogens with zero attached hydrogens (tertiary/aromatic N) is 5. The van der Waals surface area contributed by atoms with Gasteiger partial charge in [-0.1, -0.05) is 65.0 Å². The summed E-state index contributed by atoms with van der Waals surface area (Å²) in [6.45, 7) is 4.08. The Morgan fingerprint density at radius 1 is 1.31 bits per heavy atom. The van der Waals surface area contributed by atoms with Gasteiger partial charge in [-0.25, -0.2) is 0 Å². The van der Waals surface area contributed by atoms with Crippen LogP contribution in [0, 0.1) is 16.7 Å². The molecule has 0 radical (unpaired) electrons. The number of ketones is 1. The Balaban J connectivity index is 1.45. The molecule has 5 rings (SSSR count). The molecule has 9 nitrogen and oxygen atoms in total. The smallest absolute Gasteiger partial charge is 0.234 e. The molecule has 12 heteroatoms. The Hall–Kier alpha value is -3.53. The number of anilines is 2. The fourth-order valence-corrected chi connectivity index (χ4v) is 6.93. The highest BCUT2D eigenvalue weighted by Crippen LogP contribution is 2.50. The first-order valence-electron chi connectivity index (χ1n) is 12.0. The van der Waals surface area contributed by atoms with Gasteiger partial charge in [0.2, 0.25) is 11.0 Å². The lowest BCUT2D eigenvalue weighted by atomic mass is 9.69. The van der Waals surface area contributed by atoms with Crippen molar-refractivity contribution in [1.82, 2.24) is 15.2 Å². The van der Waals surface area contributed by atoms with Crippen LogP contribution in [0.4, 0.5) is 10.8 Å². The molecule has 3 aromatic rings. The Labute approximate surface area is 242 Å². The molecule has 1 aliphatic carbocycles. The van der Waals surface area contributed by atoms with Crippen molar-refractivity contribution >= 4 is 61.5 Å². The lowest BCUT2D eigenvalue weighted by molar-refractivity contribution is -0.118. The van der Waals surface area contributed by atoms with Crippen molar-refractivity contribution in [2.45, 2.75) is 36.9 Å². The molecule has 1 unspecified atom stereocenters. The van der Waals surface area contributed by atoms with Crippen LogP contribution in [-0.4, -0.2) is 32.6 Å². The lowest BCUT2D eigenvalue weighted by Gasteiger charge is -2.42. The normalized spacial score (nSPS) is 18.6. The number of hydrogen-bond donors (Lipinski definition) is 2. The zero-order valence-electron chi connectivity index (χ0n) is 21.1. The summed E-state index contributed by atoms with van der Waals surface area (Å²) < 4.78 is 1.44. The van der Waals surface area contributed by atoms with Gasteiger partial charge in [-0.05, 0) is 41.7 Å². The number of nitrogens with two attached hydrogens (primary N) is 1. The van der Waals surface area contributed by atoms with Crippen LogP contribution in [0.5, 0.6) is 0 Å². The predicted molar refractivity (Wildman–Crippen MR) is 155 cm³/mol. The van der Waals surface area contributed by atoms with Crippen molar-refractivity contribution in [1.29, 1.82) is 5.26 Å². The molecule has 2 aromatic heterocycles. The second-order valence-corrected chi connectivity index (χ2v) is 13.1. The molecule has 0 spiro atoms. The van der Waals surface area contributed by atoms with Crippen LogP contribution in [-0.2, 0) is 9.59 Å². The molecule has 0 saturated heterocycles. The number of nitrogens with one attached hydrogen (secondary N) is 1. The first kappa shape index (κ1) is 27.1. The third kappa shape index (κ3) is 5.61. The number of pyridine rings is 1. The van der Waals surface area contributed by atoms with E-state index >= 15 is 0 Å². The van der Waals surface area contributed by atoms with Crippen molar-refractivity contribution in [2.75, 3.05) is 16.0 Å². The van der Waals surface area contributed by atoms with E-state index in [1.807, 2.05) is 44.2 Å². The Kier molecular flexibility index (Phi) is 7.57. The van der Waals surface area contributed by atoms with Gasteiger partial charge in [0.1, 0.15) is 5.82 Å². The Morgan fingerprint density at radius 3 is 2.85 bits per heavy atom. The van der Waals surface area contributed by atoms with Crippen LogP contribution in [0.25, 0.3) is 0 Å². The maximum atomic E-state index is 13.6. The lowest BCUT2D eigenvalue weighted by Crippen LogP contribution is -2.42. The number of amides is 1. The minimum Gasteiger partial charge on any atom is -0.384 e. The molecule has 1 aromatic carbocycles. The molecule has 1 aliphatic heterocycles. The van der Waals surface area contributed by atoms with Gasteiger partial charge in [-0.2, -0.15) is 5.26 Å². The molecular weight excluding hydrogens is 598 g/mol. The van der Waals surface area contributed by atoms with Gasteiger partial charge >= 0.3 is 0 Å². The number of nitriles is 1. The first-order chi connectivity index (χ1) is 18.7. The van der Waals surface area contributed by atoms with E-state index in [0.717, 1.165) is 15.7 Å². The minimum absolute atomic E-state index is 0.0244. The van der Waals surface area contributed by atoms with Crippen LogP contribution in [0.3, 0.4) is 0 Å². The summed E-state index contributed by atoms with van der Waals surface area (Å²) in [5.74, 6) is -0.442. The number of hydrogen-bond acceptors (Lipinski definition) is 10. The third-order valence-corrected chi connectivity index (χ3v) is 8.96. The summed E-state index contributed by atoms with van der Waals surface area (Å²) in [6, 6.07) is 13.2. The number of carbonyl (C=O) groups is 2. The molecule has 3 heterocycles. The van der Waals surface area contributed by atoms with Gasteiger partial charge in [0, 0.05) is 40.2 Å². The van der Waals surface area contributed by atoms with E-state index in [-0.39, 0.29) is 34.3 Å². The second-order valence-electron chi connectivity index (χ2n) is 9.96. The molecule has 2 aliphatic rings. The van der Waals surface area contributed by atoms with Crippen LogP contribution >= 0.6 is 39.0 Å². The van der Waals surface area contributed by atoms with Crippen LogP contribution in [0.2, 0.25) is 0 Å². The van der Waals surface area contributed by atoms with Crippen molar-refractivity contribution < 1.29 is 9.59 Å². The highest BCUT2D eigenvalue weighted by molar-refractivity contribution is 9.10. The molecule has 0 saturated carbocycles. The number of Topliss-reactive ketones (excluding diaryl/α,β-unsaturated/α-hetero) is 1. The summed E-state index contributed by atoms with van der Waals surface area (Å²) >= 11 is 5.91. The second kappa shape index (κ2) is 10.9. The van der Waals surface area contributed by atoms with Gasteiger partial charge in [-0.3, -0.25) is 19.5 Å². The quantitative estimate of drug-likeness (QED) is 0.348. The highest BCUT2D eigenvalue weighted by atomic mass is 79.9. The van der Waals surface area contributed by atoms with Crippen molar-refractivity contribution in [3.8, 4) is 6.07 Å². The summed E-state index contributed by atoms with van der Waals surface area (Å²) in [5, 5.41) is 22.1. The van der Waals surface area contributed by atoms with Gasteiger partial charge in [0.05, 0.1) is 23.3 Å². The molecular formula is C27H24BrN7O2S2. The fourth-order valence-electron chi connectivity index (χ4n) is 4.85. The van der Waals surface area contributed by atoms with Crippen LogP contribution in [0.15, 0.2) is 80.3 Å². The van der Waals surface area contributed by atoms with Crippen LogP contribution in [0.1, 0.15) is 38.2 Å².